The molecule has 1 aromatic carbocycles. The highest BCUT2D eigenvalue weighted by atomic mass is 16.2. The zero-order valence-corrected chi connectivity index (χ0v) is 16.4. The van der Waals surface area contributed by atoms with Crippen LogP contribution in [0.5, 0.6) is 0 Å². The fourth-order valence-electron chi connectivity index (χ4n) is 4.62. The van der Waals surface area contributed by atoms with Crippen LogP contribution < -0.4 is 10.6 Å². The maximum atomic E-state index is 12.8. The third kappa shape index (κ3) is 3.82. The molecule has 0 bridgehead atoms. The molecule has 1 aromatic rings. The van der Waals surface area contributed by atoms with E-state index in [0.717, 1.165) is 37.7 Å². The van der Waals surface area contributed by atoms with Crippen molar-refractivity contribution in [2.24, 2.45) is 5.92 Å². The summed E-state index contributed by atoms with van der Waals surface area (Å²) in [5.74, 6) is 0.0400. The number of carbonyl (C=O) groups excluding carboxylic acids is 3. The second-order valence-corrected chi connectivity index (χ2v) is 8.17. The SMILES string of the molecule is CNCC1CCN(Cc2ccc3c(c2)CN(C2CCC(=O)NC2=O)C3=O)CC1. The molecule has 2 N–H and O–H groups in total. The second-order valence-electron chi connectivity index (χ2n) is 8.17. The fourth-order valence-corrected chi connectivity index (χ4v) is 4.62. The number of piperidine rings is 2. The summed E-state index contributed by atoms with van der Waals surface area (Å²) in [6.45, 7) is 4.63. The minimum Gasteiger partial charge on any atom is -0.322 e. The van der Waals surface area contributed by atoms with Gasteiger partial charge in [-0.25, -0.2) is 0 Å². The molecule has 1 atom stereocenters. The van der Waals surface area contributed by atoms with Crippen LogP contribution in [0.25, 0.3) is 0 Å². The Bertz CT molecular complexity index is 786. The number of amides is 3. The summed E-state index contributed by atoms with van der Waals surface area (Å²) < 4.78 is 0. The van der Waals surface area contributed by atoms with Crippen LogP contribution in [0.2, 0.25) is 0 Å². The summed E-state index contributed by atoms with van der Waals surface area (Å²) in [6.07, 6.45) is 3.12. The smallest absolute Gasteiger partial charge is 0.255 e. The van der Waals surface area contributed by atoms with Gasteiger partial charge in [-0.05, 0) is 69.1 Å². The molecule has 3 aliphatic heterocycles. The van der Waals surface area contributed by atoms with Crippen LogP contribution in [0.1, 0.15) is 47.2 Å². The van der Waals surface area contributed by atoms with Gasteiger partial charge in [0.15, 0.2) is 0 Å². The quantitative estimate of drug-likeness (QED) is 0.737. The number of imide groups is 1. The summed E-state index contributed by atoms with van der Waals surface area (Å²) in [4.78, 5) is 40.4. The van der Waals surface area contributed by atoms with Crippen molar-refractivity contribution in [2.75, 3.05) is 26.7 Å². The van der Waals surface area contributed by atoms with Gasteiger partial charge in [0.2, 0.25) is 11.8 Å². The van der Waals surface area contributed by atoms with Crippen LogP contribution in [-0.4, -0.2) is 60.2 Å². The van der Waals surface area contributed by atoms with E-state index < -0.39 is 6.04 Å². The first-order chi connectivity index (χ1) is 13.5. The van der Waals surface area contributed by atoms with Crippen molar-refractivity contribution in [1.29, 1.82) is 0 Å². The standard InChI is InChI=1S/C21H28N4O3/c1-22-11-14-6-8-24(9-7-14)12-15-2-3-17-16(10-15)13-25(21(17)28)18-4-5-19(26)23-20(18)27/h2-3,10,14,18,22H,4-9,11-13H2,1H3,(H,23,26,27). The van der Waals surface area contributed by atoms with Crippen molar-refractivity contribution in [1.82, 2.24) is 20.4 Å². The van der Waals surface area contributed by atoms with Gasteiger partial charge >= 0.3 is 0 Å². The first-order valence-corrected chi connectivity index (χ1v) is 10.2. The predicted molar refractivity (Wildman–Crippen MR) is 104 cm³/mol. The molecule has 0 aromatic heterocycles. The first kappa shape index (κ1) is 19.1. The minimum atomic E-state index is -0.549. The molecule has 0 radical (unpaired) electrons. The van der Waals surface area contributed by atoms with Gasteiger partial charge < -0.3 is 10.2 Å². The van der Waals surface area contributed by atoms with Gasteiger partial charge in [0.05, 0.1) is 0 Å². The van der Waals surface area contributed by atoms with Crippen LogP contribution in [0.3, 0.4) is 0 Å². The summed E-state index contributed by atoms with van der Waals surface area (Å²) in [5, 5.41) is 5.62. The van der Waals surface area contributed by atoms with E-state index in [1.165, 1.54) is 18.4 Å². The van der Waals surface area contributed by atoms with E-state index in [4.69, 9.17) is 0 Å². The van der Waals surface area contributed by atoms with Crippen molar-refractivity contribution in [3.05, 3.63) is 34.9 Å². The summed E-state index contributed by atoms with van der Waals surface area (Å²) >= 11 is 0. The number of rotatable bonds is 5. The number of hydrogen-bond acceptors (Lipinski definition) is 5. The average molecular weight is 384 g/mol. The van der Waals surface area contributed by atoms with Crippen molar-refractivity contribution < 1.29 is 14.4 Å². The normalized spacial score (nSPS) is 23.8. The van der Waals surface area contributed by atoms with Crippen molar-refractivity contribution in [3.63, 3.8) is 0 Å². The second kappa shape index (κ2) is 8.01. The van der Waals surface area contributed by atoms with Crippen LogP contribution >= 0.6 is 0 Å². The van der Waals surface area contributed by atoms with Crippen molar-refractivity contribution in [3.8, 4) is 0 Å². The lowest BCUT2D eigenvalue weighted by atomic mass is 9.96. The van der Waals surface area contributed by atoms with Crippen molar-refractivity contribution >= 4 is 17.7 Å². The first-order valence-electron chi connectivity index (χ1n) is 10.2. The van der Waals surface area contributed by atoms with Gasteiger partial charge in [-0.1, -0.05) is 12.1 Å². The fraction of sp³-hybridized carbons (Fsp3) is 0.571. The third-order valence-electron chi connectivity index (χ3n) is 6.19. The highest BCUT2D eigenvalue weighted by Crippen LogP contribution is 2.29. The molecule has 4 rings (SSSR count). The number of fused-ring (bicyclic) bond motifs is 1. The van der Waals surface area contributed by atoms with Gasteiger partial charge in [0.25, 0.3) is 5.91 Å². The molecular formula is C21H28N4O3. The third-order valence-corrected chi connectivity index (χ3v) is 6.19. The van der Waals surface area contributed by atoms with Crippen molar-refractivity contribution in [2.45, 2.75) is 44.8 Å². The number of nitrogens with one attached hydrogen (secondary N) is 2. The number of likely N-dealkylation sites (tertiary alicyclic amines) is 1. The van der Waals surface area contributed by atoms with E-state index in [0.29, 0.717) is 18.5 Å². The zero-order chi connectivity index (χ0) is 19.7. The molecule has 3 heterocycles. The average Bonchev–Trinajstić information content (AvgIpc) is 2.99. The summed E-state index contributed by atoms with van der Waals surface area (Å²) in [6, 6.07) is 5.49. The largest absolute Gasteiger partial charge is 0.322 e. The number of hydrogen-bond donors (Lipinski definition) is 2. The van der Waals surface area contributed by atoms with Gasteiger partial charge in [-0.2, -0.15) is 0 Å². The summed E-state index contributed by atoms with van der Waals surface area (Å²) in [5.41, 5.74) is 2.88. The molecule has 150 valence electrons. The van der Waals surface area contributed by atoms with E-state index >= 15 is 0 Å². The highest BCUT2D eigenvalue weighted by Gasteiger charge is 2.39. The molecule has 0 spiro atoms. The molecule has 28 heavy (non-hydrogen) atoms. The Balaban J connectivity index is 1.40. The molecule has 7 nitrogen and oxygen atoms in total. The molecule has 2 saturated heterocycles. The Labute approximate surface area is 165 Å². The molecule has 1 unspecified atom stereocenters. The topological polar surface area (TPSA) is 81.8 Å². The van der Waals surface area contributed by atoms with E-state index in [1.54, 1.807) is 4.90 Å². The molecule has 3 aliphatic rings. The van der Waals surface area contributed by atoms with E-state index in [-0.39, 0.29) is 24.1 Å². The number of nitrogens with zero attached hydrogens (tertiary/aromatic N) is 2. The summed E-state index contributed by atoms with van der Waals surface area (Å²) in [7, 11) is 2.01. The molecule has 7 heteroatoms. The van der Waals surface area contributed by atoms with Crippen LogP contribution in [0, 0.1) is 5.92 Å². The molecular weight excluding hydrogens is 356 g/mol. The van der Waals surface area contributed by atoms with Crippen LogP contribution in [-0.2, 0) is 22.7 Å². The Morgan fingerprint density at radius 2 is 1.93 bits per heavy atom. The molecule has 3 amide bonds. The lowest BCUT2D eigenvalue weighted by Crippen LogP contribution is -2.52. The van der Waals surface area contributed by atoms with E-state index in [1.807, 2.05) is 19.2 Å². The van der Waals surface area contributed by atoms with Gasteiger partial charge in [0, 0.05) is 25.1 Å². The lowest BCUT2D eigenvalue weighted by Gasteiger charge is -2.32. The monoisotopic (exact) mass is 384 g/mol. The Morgan fingerprint density at radius 3 is 2.64 bits per heavy atom. The molecule has 0 saturated carbocycles. The minimum absolute atomic E-state index is 0.107. The lowest BCUT2D eigenvalue weighted by molar-refractivity contribution is -0.136. The Kier molecular flexibility index (Phi) is 5.46. The van der Waals surface area contributed by atoms with Gasteiger partial charge in [0.1, 0.15) is 6.04 Å². The Morgan fingerprint density at radius 1 is 1.14 bits per heavy atom. The number of carbonyl (C=O) groups is 3. The van der Waals surface area contributed by atoms with Crippen LogP contribution in [0.15, 0.2) is 18.2 Å². The zero-order valence-electron chi connectivity index (χ0n) is 16.4. The maximum Gasteiger partial charge on any atom is 0.255 e. The maximum absolute atomic E-state index is 12.8. The van der Waals surface area contributed by atoms with E-state index in [2.05, 4.69) is 21.6 Å². The van der Waals surface area contributed by atoms with Crippen LogP contribution in [0.4, 0.5) is 0 Å². The molecule has 0 aliphatic carbocycles. The van der Waals surface area contributed by atoms with E-state index in [9.17, 15) is 14.4 Å². The van der Waals surface area contributed by atoms with Gasteiger partial charge in [-0.3, -0.25) is 24.6 Å². The number of benzene rings is 1. The highest BCUT2D eigenvalue weighted by molar-refractivity contribution is 6.05. The van der Waals surface area contributed by atoms with Gasteiger partial charge in [-0.15, -0.1) is 0 Å². The molecule has 2 fully saturated rings. The Hall–Kier alpha value is -2.25. The predicted octanol–water partition coefficient (Wildman–Crippen LogP) is 0.879.